The van der Waals surface area contributed by atoms with Gasteiger partial charge in [0.1, 0.15) is 11.0 Å². The standard InChI is InChI=1S/C10H14N4O2S/c1-3-16-10(15)6(2)13-9-7(8(11)17)4-5-12-14-9/h4-6H,3H2,1-2H3,(H2,11,17)(H,13,14). The van der Waals surface area contributed by atoms with E-state index in [0.717, 1.165) is 0 Å². The van der Waals surface area contributed by atoms with Gasteiger partial charge in [-0.3, -0.25) is 0 Å². The molecule has 0 saturated carbocycles. The van der Waals surface area contributed by atoms with Crippen LogP contribution in [-0.2, 0) is 9.53 Å². The molecule has 1 unspecified atom stereocenters. The van der Waals surface area contributed by atoms with Crippen LogP contribution in [0.4, 0.5) is 5.82 Å². The maximum atomic E-state index is 11.4. The van der Waals surface area contributed by atoms with Crippen molar-refractivity contribution in [2.24, 2.45) is 5.73 Å². The number of nitrogens with one attached hydrogen (secondary N) is 1. The van der Waals surface area contributed by atoms with Crippen LogP contribution in [0.2, 0.25) is 0 Å². The molecule has 1 aromatic rings. The minimum Gasteiger partial charge on any atom is -0.464 e. The number of carbonyl (C=O) groups excluding carboxylic acids is 1. The van der Waals surface area contributed by atoms with E-state index in [0.29, 0.717) is 18.0 Å². The van der Waals surface area contributed by atoms with Crippen LogP contribution in [0.3, 0.4) is 0 Å². The molecule has 7 heteroatoms. The molecule has 0 bridgehead atoms. The van der Waals surface area contributed by atoms with Gasteiger partial charge in [-0.1, -0.05) is 12.2 Å². The first-order chi connectivity index (χ1) is 8.06. The van der Waals surface area contributed by atoms with Gasteiger partial charge in [0, 0.05) is 0 Å². The number of nitrogens with zero attached hydrogens (tertiary/aromatic N) is 2. The highest BCUT2D eigenvalue weighted by Crippen LogP contribution is 2.11. The normalized spacial score (nSPS) is 11.6. The molecule has 0 saturated heterocycles. The third kappa shape index (κ3) is 3.63. The molecule has 1 rings (SSSR count). The highest BCUT2D eigenvalue weighted by molar-refractivity contribution is 7.80. The molecule has 0 fully saturated rings. The summed E-state index contributed by atoms with van der Waals surface area (Å²) in [5, 5.41) is 10.4. The lowest BCUT2D eigenvalue weighted by atomic mass is 10.2. The minimum absolute atomic E-state index is 0.193. The van der Waals surface area contributed by atoms with Crippen LogP contribution in [0.1, 0.15) is 19.4 Å². The van der Waals surface area contributed by atoms with E-state index in [1.165, 1.54) is 6.20 Å². The Morgan fingerprint density at radius 1 is 1.71 bits per heavy atom. The minimum atomic E-state index is -0.542. The number of carbonyl (C=O) groups is 1. The van der Waals surface area contributed by atoms with Gasteiger partial charge in [-0.05, 0) is 19.9 Å². The van der Waals surface area contributed by atoms with E-state index in [2.05, 4.69) is 15.5 Å². The molecule has 92 valence electrons. The highest BCUT2D eigenvalue weighted by Gasteiger charge is 2.16. The van der Waals surface area contributed by atoms with Crippen LogP contribution in [0.15, 0.2) is 12.3 Å². The molecule has 0 aliphatic heterocycles. The average Bonchev–Trinajstić information content (AvgIpc) is 2.29. The zero-order chi connectivity index (χ0) is 12.8. The summed E-state index contributed by atoms with van der Waals surface area (Å²) in [5.74, 6) is 0.00703. The van der Waals surface area contributed by atoms with Crippen molar-refractivity contribution in [3.63, 3.8) is 0 Å². The van der Waals surface area contributed by atoms with E-state index >= 15 is 0 Å². The fraction of sp³-hybridized carbons (Fsp3) is 0.400. The summed E-state index contributed by atoms with van der Waals surface area (Å²) in [6.07, 6.45) is 1.48. The Kier molecular flexibility index (Phi) is 4.77. The van der Waals surface area contributed by atoms with Crippen LogP contribution in [0, 0.1) is 0 Å². The van der Waals surface area contributed by atoms with Crippen LogP contribution in [-0.4, -0.2) is 33.8 Å². The maximum absolute atomic E-state index is 11.4. The van der Waals surface area contributed by atoms with Crippen LogP contribution >= 0.6 is 12.2 Å². The Morgan fingerprint density at radius 2 is 2.41 bits per heavy atom. The Morgan fingerprint density at radius 3 is 3.00 bits per heavy atom. The van der Waals surface area contributed by atoms with Gasteiger partial charge in [0.2, 0.25) is 0 Å². The van der Waals surface area contributed by atoms with Crippen molar-refractivity contribution >= 4 is 29.0 Å². The molecule has 6 nitrogen and oxygen atoms in total. The van der Waals surface area contributed by atoms with Gasteiger partial charge in [-0.2, -0.15) is 5.10 Å². The lowest BCUT2D eigenvalue weighted by molar-refractivity contribution is -0.143. The van der Waals surface area contributed by atoms with Gasteiger partial charge in [0.15, 0.2) is 5.82 Å². The summed E-state index contributed by atoms with van der Waals surface area (Å²) in [6.45, 7) is 3.73. The molecule has 0 radical (unpaired) electrons. The second-order valence-electron chi connectivity index (χ2n) is 3.28. The molecule has 1 aromatic heterocycles. The monoisotopic (exact) mass is 254 g/mol. The maximum Gasteiger partial charge on any atom is 0.328 e. The van der Waals surface area contributed by atoms with Crippen LogP contribution < -0.4 is 11.1 Å². The molecule has 1 atom stereocenters. The van der Waals surface area contributed by atoms with E-state index in [4.69, 9.17) is 22.7 Å². The molecular formula is C10H14N4O2S. The van der Waals surface area contributed by atoms with E-state index in [9.17, 15) is 4.79 Å². The topological polar surface area (TPSA) is 90.1 Å². The Balaban J connectivity index is 2.81. The highest BCUT2D eigenvalue weighted by atomic mass is 32.1. The first-order valence-electron chi connectivity index (χ1n) is 5.11. The lowest BCUT2D eigenvalue weighted by Crippen LogP contribution is -2.30. The number of hydrogen-bond donors (Lipinski definition) is 2. The second-order valence-corrected chi connectivity index (χ2v) is 3.72. The number of ether oxygens (including phenoxy) is 1. The van der Waals surface area contributed by atoms with Gasteiger partial charge >= 0.3 is 5.97 Å². The first-order valence-corrected chi connectivity index (χ1v) is 5.51. The summed E-state index contributed by atoms with van der Waals surface area (Å²) in [6, 6.07) is 1.09. The third-order valence-corrected chi connectivity index (χ3v) is 2.20. The quantitative estimate of drug-likeness (QED) is 0.583. The van der Waals surface area contributed by atoms with Gasteiger partial charge in [0.25, 0.3) is 0 Å². The fourth-order valence-electron chi connectivity index (χ4n) is 1.17. The molecule has 17 heavy (non-hydrogen) atoms. The zero-order valence-corrected chi connectivity index (χ0v) is 10.5. The number of esters is 1. The summed E-state index contributed by atoms with van der Waals surface area (Å²) < 4.78 is 4.86. The van der Waals surface area contributed by atoms with E-state index < -0.39 is 6.04 Å². The molecule has 1 heterocycles. The summed E-state index contributed by atoms with van der Waals surface area (Å²) in [5.41, 5.74) is 6.08. The van der Waals surface area contributed by atoms with Crippen molar-refractivity contribution in [3.8, 4) is 0 Å². The SMILES string of the molecule is CCOC(=O)C(C)Nc1nnccc1C(N)=S. The van der Waals surface area contributed by atoms with Gasteiger partial charge < -0.3 is 15.8 Å². The number of rotatable bonds is 5. The number of thiocarbonyl (C=S) groups is 1. The average molecular weight is 254 g/mol. The third-order valence-electron chi connectivity index (χ3n) is 1.98. The van der Waals surface area contributed by atoms with Crippen molar-refractivity contribution in [1.29, 1.82) is 0 Å². The fourth-order valence-corrected chi connectivity index (χ4v) is 1.33. The molecule has 0 amide bonds. The predicted octanol–water partition coefficient (Wildman–Crippen LogP) is 0.474. The van der Waals surface area contributed by atoms with Gasteiger partial charge in [-0.25, -0.2) is 4.79 Å². The molecule has 3 N–H and O–H groups in total. The van der Waals surface area contributed by atoms with E-state index in [1.54, 1.807) is 19.9 Å². The van der Waals surface area contributed by atoms with Crippen molar-refractivity contribution in [2.75, 3.05) is 11.9 Å². The van der Waals surface area contributed by atoms with Gasteiger partial charge in [0.05, 0.1) is 18.4 Å². The summed E-state index contributed by atoms with van der Waals surface area (Å²) in [4.78, 5) is 11.6. The summed E-state index contributed by atoms with van der Waals surface area (Å²) >= 11 is 4.87. The predicted molar refractivity (Wildman–Crippen MR) is 67.6 cm³/mol. The molecule has 0 aliphatic carbocycles. The van der Waals surface area contributed by atoms with E-state index in [1.807, 2.05) is 0 Å². The molecule has 0 aliphatic rings. The smallest absolute Gasteiger partial charge is 0.328 e. The number of anilines is 1. The van der Waals surface area contributed by atoms with Crippen molar-refractivity contribution in [2.45, 2.75) is 19.9 Å². The van der Waals surface area contributed by atoms with Crippen molar-refractivity contribution in [3.05, 3.63) is 17.8 Å². The Hall–Kier alpha value is -1.76. The van der Waals surface area contributed by atoms with Crippen molar-refractivity contribution < 1.29 is 9.53 Å². The number of hydrogen-bond acceptors (Lipinski definition) is 6. The van der Waals surface area contributed by atoms with Crippen molar-refractivity contribution in [1.82, 2.24) is 10.2 Å². The Labute approximate surface area is 105 Å². The summed E-state index contributed by atoms with van der Waals surface area (Å²) in [7, 11) is 0. The lowest BCUT2D eigenvalue weighted by Gasteiger charge is -2.14. The molecular weight excluding hydrogens is 240 g/mol. The number of nitrogens with two attached hydrogens (primary N) is 1. The van der Waals surface area contributed by atoms with E-state index in [-0.39, 0.29) is 11.0 Å². The van der Waals surface area contributed by atoms with Crippen LogP contribution in [0.25, 0.3) is 0 Å². The zero-order valence-electron chi connectivity index (χ0n) is 9.64. The second kappa shape index (κ2) is 6.09. The first kappa shape index (κ1) is 13.3. The number of aromatic nitrogens is 2. The molecule has 0 spiro atoms. The Bertz CT molecular complexity index is 425. The van der Waals surface area contributed by atoms with Crippen LogP contribution in [0.5, 0.6) is 0 Å². The molecule has 0 aromatic carbocycles. The van der Waals surface area contributed by atoms with Gasteiger partial charge in [-0.15, -0.1) is 5.10 Å². The largest absolute Gasteiger partial charge is 0.464 e.